The lowest BCUT2D eigenvalue weighted by atomic mass is 10.0. The summed E-state index contributed by atoms with van der Waals surface area (Å²) < 4.78 is 5.39. The molecule has 3 aromatic carbocycles. The molecule has 2 heterocycles. The number of aromatic amines is 1. The predicted molar refractivity (Wildman–Crippen MR) is 151 cm³/mol. The monoisotopic (exact) mass is 534 g/mol. The Morgan fingerprint density at radius 1 is 1.07 bits per heavy atom. The van der Waals surface area contributed by atoms with Crippen LogP contribution < -0.4 is 10.6 Å². The molecule has 0 bridgehead atoms. The van der Waals surface area contributed by atoms with Crippen molar-refractivity contribution in [3.63, 3.8) is 0 Å². The van der Waals surface area contributed by atoms with E-state index in [4.69, 9.17) is 16.0 Å². The maximum atomic E-state index is 13.2. The molecule has 5 aromatic rings. The second kappa shape index (κ2) is 11.0. The number of pyridine rings is 1. The molecule has 2 aromatic heterocycles. The third-order valence-electron chi connectivity index (χ3n) is 6.38. The van der Waals surface area contributed by atoms with Crippen LogP contribution in [0.5, 0.6) is 11.6 Å². The largest absolute Gasteiger partial charge is 0.507 e. The Kier molecular flexibility index (Phi) is 7.18. The van der Waals surface area contributed by atoms with Gasteiger partial charge in [0.25, 0.3) is 5.91 Å². The number of hydrogen-bond acceptors (Lipinski definition) is 7. The van der Waals surface area contributed by atoms with Crippen molar-refractivity contribution in [2.45, 2.75) is 6.54 Å². The Balaban J connectivity index is 1.40. The van der Waals surface area contributed by atoms with Crippen LogP contribution in [-0.4, -0.2) is 50.9 Å². The van der Waals surface area contributed by atoms with Crippen molar-refractivity contribution < 1.29 is 14.6 Å². The molecule has 0 saturated heterocycles. The number of carbonyl (C=O) groups excluding carboxylic acids is 1. The summed E-state index contributed by atoms with van der Waals surface area (Å²) in [6, 6.07) is 21.3. The molecule has 0 aliphatic carbocycles. The minimum atomic E-state index is -0.186. The van der Waals surface area contributed by atoms with Gasteiger partial charge in [0.1, 0.15) is 11.6 Å². The molecular weight excluding hydrogens is 508 g/mol. The molecule has 1 amide bonds. The molecule has 11 heteroatoms. The minimum absolute atomic E-state index is 0.0601. The summed E-state index contributed by atoms with van der Waals surface area (Å²) in [5.74, 6) is 5.80. The standard InChI is InChI=1S/C29H26N8O3/c1-37(16-17-5-3-6-19(13-17)26(30)35-36-31)29(39)20-8-10-23-24(15-20)34-27(33-23)22-14-18(9-11-25(22)38)21-7-4-12-32-28(21)40-2/h3-15,38H,16H2,1-2H3,(H,33,34)(H3,30,31,35). The number of phenols is 1. The number of phenolic OH excluding ortho intramolecular Hbond substituents is 1. The maximum Gasteiger partial charge on any atom is 0.253 e. The minimum Gasteiger partial charge on any atom is -0.507 e. The fraction of sp³-hybridized carbons (Fsp3) is 0.103. The Bertz CT molecular complexity index is 1760. The van der Waals surface area contributed by atoms with Gasteiger partial charge in [-0.05, 0) is 59.7 Å². The third kappa shape index (κ3) is 5.20. The number of nitrogens with zero attached hydrogens (tertiary/aromatic N) is 5. The smallest absolute Gasteiger partial charge is 0.253 e. The number of fused-ring (bicyclic) bond motifs is 1. The van der Waals surface area contributed by atoms with Crippen LogP contribution >= 0.6 is 0 Å². The molecule has 0 spiro atoms. The normalized spacial score (nSPS) is 11.2. The summed E-state index contributed by atoms with van der Waals surface area (Å²) in [5.41, 5.74) is 5.25. The van der Waals surface area contributed by atoms with Crippen molar-refractivity contribution in [2.24, 2.45) is 16.2 Å². The molecule has 0 unspecified atom stereocenters. The highest BCUT2D eigenvalue weighted by Crippen LogP contribution is 2.35. The average molecular weight is 535 g/mol. The quantitative estimate of drug-likeness (QED) is 0.0759. The first-order valence-corrected chi connectivity index (χ1v) is 12.2. The Labute approximate surface area is 229 Å². The van der Waals surface area contributed by atoms with E-state index in [2.05, 4.69) is 25.3 Å². The van der Waals surface area contributed by atoms with E-state index in [-0.39, 0.29) is 17.5 Å². The molecule has 5 rings (SSSR count). The van der Waals surface area contributed by atoms with Crippen LogP contribution in [0.1, 0.15) is 21.5 Å². The van der Waals surface area contributed by atoms with E-state index in [1.54, 1.807) is 73.8 Å². The number of amides is 1. The molecule has 0 aliphatic rings. The fourth-order valence-corrected chi connectivity index (χ4v) is 4.44. The molecule has 0 radical (unpaired) electrons. The lowest BCUT2D eigenvalue weighted by molar-refractivity contribution is 0.0785. The lowest BCUT2D eigenvalue weighted by Gasteiger charge is -2.17. The molecular formula is C29H26N8O3. The number of carbonyl (C=O) groups is 1. The molecule has 40 heavy (non-hydrogen) atoms. The number of aromatic hydroxyl groups is 1. The number of rotatable bonds is 7. The van der Waals surface area contributed by atoms with Gasteiger partial charge in [0, 0.05) is 36.5 Å². The van der Waals surface area contributed by atoms with E-state index in [0.717, 1.165) is 16.7 Å². The zero-order valence-electron chi connectivity index (χ0n) is 21.8. The summed E-state index contributed by atoms with van der Waals surface area (Å²) in [6.45, 7) is 0.324. The first kappa shape index (κ1) is 26.0. The number of nitrogens with two attached hydrogens (primary N) is 1. The fourth-order valence-electron chi connectivity index (χ4n) is 4.44. The predicted octanol–water partition coefficient (Wildman–Crippen LogP) is 4.93. The van der Waals surface area contributed by atoms with Crippen LogP contribution in [0.15, 0.2) is 89.3 Å². The number of aromatic nitrogens is 3. The number of ether oxygens (including phenoxy) is 1. The zero-order valence-corrected chi connectivity index (χ0v) is 21.8. The van der Waals surface area contributed by atoms with Crippen LogP contribution in [0.25, 0.3) is 33.5 Å². The van der Waals surface area contributed by atoms with Crippen molar-refractivity contribution in [3.8, 4) is 34.1 Å². The first-order valence-electron chi connectivity index (χ1n) is 12.2. The molecule has 0 aliphatic heterocycles. The molecule has 200 valence electrons. The molecule has 0 atom stereocenters. The first-order chi connectivity index (χ1) is 19.4. The van der Waals surface area contributed by atoms with E-state index < -0.39 is 0 Å². The van der Waals surface area contributed by atoms with Gasteiger partial charge in [-0.3, -0.25) is 10.2 Å². The summed E-state index contributed by atoms with van der Waals surface area (Å²) in [4.78, 5) is 27.0. The second-order valence-electron chi connectivity index (χ2n) is 9.04. The van der Waals surface area contributed by atoms with Crippen molar-refractivity contribution in [3.05, 3.63) is 95.7 Å². The Morgan fingerprint density at radius 2 is 1.93 bits per heavy atom. The lowest BCUT2D eigenvalue weighted by Crippen LogP contribution is -2.26. The summed E-state index contributed by atoms with van der Waals surface area (Å²) in [7, 11) is 3.26. The van der Waals surface area contributed by atoms with Crippen LogP contribution in [-0.2, 0) is 6.54 Å². The molecule has 0 saturated carbocycles. The van der Waals surface area contributed by atoms with Crippen LogP contribution in [0.4, 0.5) is 0 Å². The van der Waals surface area contributed by atoms with Gasteiger partial charge in [-0.2, -0.15) is 0 Å². The highest BCUT2D eigenvalue weighted by Gasteiger charge is 2.17. The number of methoxy groups -OCH3 is 1. The maximum absolute atomic E-state index is 13.2. The number of benzene rings is 3. The van der Waals surface area contributed by atoms with Crippen molar-refractivity contribution in [1.82, 2.24) is 19.9 Å². The topological polar surface area (TPSA) is 166 Å². The van der Waals surface area contributed by atoms with Crippen LogP contribution in [0, 0.1) is 5.41 Å². The highest BCUT2D eigenvalue weighted by molar-refractivity contribution is 5.98. The third-order valence-corrected chi connectivity index (χ3v) is 6.38. The van der Waals surface area contributed by atoms with Gasteiger partial charge < -0.3 is 25.6 Å². The Morgan fingerprint density at radius 3 is 2.73 bits per heavy atom. The van der Waals surface area contributed by atoms with Gasteiger partial charge in [0.05, 0.1) is 23.7 Å². The van der Waals surface area contributed by atoms with Gasteiger partial charge >= 0.3 is 0 Å². The van der Waals surface area contributed by atoms with E-state index in [9.17, 15) is 9.90 Å². The number of nitrogens with one attached hydrogen (secondary N) is 2. The van der Waals surface area contributed by atoms with E-state index in [0.29, 0.717) is 46.0 Å². The van der Waals surface area contributed by atoms with Gasteiger partial charge in [0.2, 0.25) is 5.88 Å². The Hall–Kier alpha value is -5.58. The van der Waals surface area contributed by atoms with E-state index >= 15 is 0 Å². The van der Waals surface area contributed by atoms with Gasteiger partial charge in [-0.15, -0.1) is 5.11 Å². The van der Waals surface area contributed by atoms with Crippen molar-refractivity contribution in [1.29, 1.82) is 5.41 Å². The summed E-state index contributed by atoms with van der Waals surface area (Å²) in [5, 5.41) is 25.2. The highest BCUT2D eigenvalue weighted by atomic mass is 16.5. The molecule has 11 nitrogen and oxygen atoms in total. The second-order valence-corrected chi connectivity index (χ2v) is 9.04. The zero-order chi connectivity index (χ0) is 28.2. The van der Waals surface area contributed by atoms with Crippen LogP contribution in [0.2, 0.25) is 0 Å². The number of imidazole rings is 1. The number of hydrogen-bond donors (Lipinski definition) is 4. The van der Waals surface area contributed by atoms with Gasteiger partial charge in [0.15, 0.2) is 5.84 Å². The van der Waals surface area contributed by atoms with Crippen LogP contribution in [0.3, 0.4) is 0 Å². The molecule has 0 fully saturated rings. The molecule has 5 N–H and O–H groups in total. The van der Waals surface area contributed by atoms with E-state index in [1.807, 2.05) is 24.3 Å². The average Bonchev–Trinajstić information content (AvgIpc) is 3.40. The number of amidine groups is 1. The summed E-state index contributed by atoms with van der Waals surface area (Å²) in [6.07, 6.45) is 1.65. The number of H-pyrrole nitrogens is 1. The van der Waals surface area contributed by atoms with Crippen molar-refractivity contribution >= 4 is 22.8 Å². The summed E-state index contributed by atoms with van der Waals surface area (Å²) >= 11 is 0. The van der Waals surface area contributed by atoms with Crippen molar-refractivity contribution in [2.75, 3.05) is 14.2 Å². The van der Waals surface area contributed by atoms with E-state index in [1.165, 1.54) is 0 Å². The van der Waals surface area contributed by atoms with Gasteiger partial charge in [-0.1, -0.05) is 29.5 Å². The van der Waals surface area contributed by atoms with Gasteiger partial charge in [-0.25, -0.2) is 9.97 Å². The SMILES string of the molecule is COc1ncccc1-c1ccc(O)c(-c2nc3ccc(C(=O)N(C)Cc4cccc(C(=N)N=NN)c4)cc3[nH]2)c1.